The molecule has 7 heavy (non-hydrogen) atoms. The van der Waals surface area contributed by atoms with Crippen LogP contribution in [-0.4, -0.2) is 12.3 Å². The maximum atomic E-state index is 5.50. The van der Waals surface area contributed by atoms with Crippen LogP contribution >= 0.6 is 50.0 Å². The standard InChI is InChI=1S/C2H5Cl4P/c1-7(4,5,6)2-3/h2H2,1H3. The van der Waals surface area contributed by atoms with E-state index in [0.717, 1.165) is 0 Å². The molecule has 0 aliphatic rings. The molecule has 0 aromatic carbocycles. The molecule has 0 fully saturated rings. The molecule has 0 nitrogen and oxygen atoms in total. The molecule has 46 valence electrons. The number of halogens is 4. The quantitative estimate of drug-likeness (QED) is 0.447. The van der Waals surface area contributed by atoms with Crippen molar-refractivity contribution in [3.8, 4) is 0 Å². The van der Waals surface area contributed by atoms with Crippen molar-refractivity contribution in [2.75, 3.05) is 12.3 Å². The van der Waals surface area contributed by atoms with Gasteiger partial charge < -0.3 is 0 Å². The number of rotatable bonds is 1. The topological polar surface area (TPSA) is 0 Å². The van der Waals surface area contributed by atoms with Crippen LogP contribution in [0.3, 0.4) is 0 Å². The first kappa shape index (κ1) is 8.59. The van der Waals surface area contributed by atoms with Gasteiger partial charge in [-0.1, -0.05) is 0 Å². The van der Waals surface area contributed by atoms with Crippen molar-refractivity contribution in [3.05, 3.63) is 0 Å². The Hall–Kier alpha value is 1.59. The molecular formula is C2H5Cl4P. The van der Waals surface area contributed by atoms with E-state index in [2.05, 4.69) is 0 Å². The van der Waals surface area contributed by atoms with Crippen LogP contribution in [0.5, 0.6) is 0 Å². The van der Waals surface area contributed by atoms with Crippen molar-refractivity contribution >= 4 is 50.0 Å². The molecule has 0 amide bonds. The van der Waals surface area contributed by atoms with Gasteiger partial charge >= 0.3 is 62.3 Å². The summed E-state index contributed by atoms with van der Waals surface area (Å²) in [7, 11) is 0. The Morgan fingerprint density at radius 2 is 1.43 bits per heavy atom. The summed E-state index contributed by atoms with van der Waals surface area (Å²) >= 11 is 21.8. The Morgan fingerprint density at radius 3 is 1.43 bits per heavy atom. The van der Waals surface area contributed by atoms with Crippen molar-refractivity contribution < 1.29 is 0 Å². The van der Waals surface area contributed by atoms with Gasteiger partial charge in [-0.05, 0) is 0 Å². The third-order valence-corrected chi connectivity index (χ3v) is 4.73. The molecule has 0 N–H and O–H groups in total. The molecule has 0 heterocycles. The maximum absolute atomic E-state index is 5.50. The van der Waals surface area contributed by atoms with Crippen molar-refractivity contribution in [2.24, 2.45) is 0 Å². The van der Waals surface area contributed by atoms with Gasteiger partial charge in [-0.3, -0.25) is 0 Å². The van der Waals surface area contributed by atoms with Gasteiger partial charge in [-0.15, -0.1) is 0 Å². The van der Waals surface area contributed by atoms with Crippen LogP contribution < -0.4 is 0 Å². The molecular weight excluding hydrogens is 197 g/mol. The SMILES string of the molecule is CP(Cl)(Cl)(Cl)CCl. The van der Waals surface area contributed by atoms with E-state index in [-0.39, 0.29) is 5.62 Å². The van der Waals surface area contributed by atoms with E-state index in [9.17, 15) is 0 Å². The third-order valence-electron chi connectivity index (χ3n) is 0.255. The molecule has 0 aliphatic heterocycles. The number of alkyl halides is 1. The van der Waals surface area contributed by atoms with Gasteiger partial charge in [0.05, 0.1) is 0 Å². The molecule has 0 aliphatic carbocycles. The first-order valence-electron chi connectivity index (χ1n) is 1.54. The fraction of sp³-hybridized carbons (Fsp3) is 1.00. The molecule has 0 atom stereocenters. The summed E-state index contributed by atoms with van der Waals surface area (Å²) in [6, 6.07) is 0. The molecule has 0 rings (SSSR count). The normalized spacial score (nSPS) is 18.1. The Balaban J connectivity index is 3.83. The van der Waals surface area contributed by atoms with Crippen LogP contribution in [-0.2, 0) is 0 Å². The van der Waals surface area contributed by atoms with Crippen LogP contribution in [0.25, 0.3) is 0 Å². The fourth-order valence-corrected chi connectivity index (χ4v) is 0. The number of hydrogen-bond donors (Lipinski definition) is 0. The molecule has 0 bridgehead atoms. The molecule has 0 spiro atoms. The van der Waals surface area contributed by atoms with E-state index in [1.54, 1.807) is 6.66 Å². The second kappa shape index (κ2) is 2.08. The fourth-order valence-electron chi connectivity index (χ4n) is 0. The van der Waals surface area contributed by atoms with E-state index >= 15 is 0 Å². The van der Waals surface area contributed by atoms with Gasteiger partial charge in [-0.25, -0.2) is 0 Å². The van der Waals surface area contributed by atoms with Gasteiger partial charge in [0.1, 0.15) is 0 Å². The Kier molecular flexibility index (Phi) is 2.55. The second-order valence-corrected chi connectivity index (χ2v) is 15.0. The molecule has 0 radical (unpaired) electrons. The van der Waals surface area contributed by atoms with Gasteiger partial charge in [0, 0.05) is 0 Å². The van der Waals surface area contributed by atoms with E-state index in [1.807, 2.05) is 0 Å². The Labute approximate surface area is 62.4 Å². The molecule has 0 saturated carbocycles. The zero-order chi connectivity index (χ0) is 6.15. The first-order chi connectivity index (χ1) is 2.81. The van der Waals surface area contributed by atoms with Crippen LogP contribution in [0, 0.1) is 0 Å². The summed E-state index contributed by atoms with van der Waals surface area (Å²) < 4.78 is -2.89. The van der Waals surface area contributed by atoms with Crippen molar-refractivity contribution in [1.29, 1.82) is 0 Å². The molecule has 0 saturated heterocycles. The van der Waals surface area contributed by atoms with Gasteiger partial charge in [0.2, 0.25) is 0 Å². The van der Waals surface area contributed by atoms with Crippen LogP contribution in [0.15, 0.2) is 0 Å². The van der Waals surface area contributed by atoms with Crippen LogP contribution in [0.2, 0.25) is 0 Å². The van der Waals surface area contributed by atoms with Crippen molar-refractivity contribution in [1.82, 2.24) is 0 Å². The summed E-state index contributed by atoms with van der Waals surface area (Å²) in [5.41, 5.74) is 0.135. The molecule has 5 heteroatoms. The average molecular weight is 202 g/mol. The van der Waals surface area contributed by atoms with Crippen LogP contribution in [0.4, 0.5) is 0 Å². The van der Waals surface area contributed by atoms with E-state index in [0.29, 0.717) is 0 Å². The minimum absolute atomic E-state index is 0.135. The van der Waals surface area contributed by atoms with Crippen molar-refractivity contribution in [2.45, 2.75) is 0 Å². The summed E-state index contributed by atoms with van der Waals surface area (Å²) in [4.78, 5) is 0. The van der Waals surface area contributed by atoms with E-state index < -0.39 is 4.66 Å². The zero-order valence-corrected chi connectivity index (χ0v) is 7.58. The van der Waals surface area contributed by atoms with Gasteiger partial charge in [0.25, 0.3) is 0 Å². The summed E-state index contributed by atoms with van der Waals surface area (Å²) in [5, 5.41) is 0. The van der Waals surface area contributed by atoms with E-state index in [1.165, 1.54) is 0 Å². The van der Waals surface area contributed by atoms with Gasteiger partial charge in [0.15, 0.2) is 0 Å². The summed E-state index contributed by atoms with van der Waals surface area (Å²) in [5.74, 6) is 0. The first-order valence-corrected chi connectivity index (χ1v) is 7.66. The Morgan fingerprint density at radius 1 is 1.29 bits per heavy atom. The molecule has 0 aromatic rings. The second-order valence-electron chi connectivity index (χ2n) is 1.49. The predicted octanol–water partition coefficient (Wildman–Crippen LogP) is 3.83. The zero-order valence-electron chi connectivity index (χ0n) is 3.67. The Bertz CT molecular complexity index is 62.2. The van der Waals surface area contributed by atoms with Crippen LogP contribution in [0.1, 0.15) is 0 Å². The monoisotopic (exact) mass is 200 g/mol. The summed E-state index contributed by atoms with van der Waals surface area (Å²) in [6.07, 6.45) is 0. The van der Waals surface area contributed by atoms with Gasteiger partial charge in [-0.2, -0.15) is 0 Å². The minimum atomic E-state index is -2.89. The predicted molar refractivity (Wildman–Crippen MR) is 41.1 cm³/mol. The molecule has 0 aromatic heterocycles. The average Bonchev–Trinajstić information content (AvgIpc) is 1.32. The third kappa shape index (κ3) is 7.59. The van der Waals surface area contributed by atoms with E-state index in [4.69, 9.17) is 45.3 Å². The number of hydrogen-bond acceptors (Lipinski definition) is 0. The molecule has 0 unspecified atom stereocenters. The summed E-state index contributed by atoms with van der Waals surface area (Å²) in [6.45, 7) is 1.56. The van der Waals surface area contributed by atoms with Crippen molar-refractivity contribution in [3.63, 3.8) is 0 Å².